The van der Waals surface area contributed by atoms with Crippen LogP contribution in [0.2, 0.25) is 0 Å². The van der Waals surface area contributed by atoms with Crippen LogP contribution in [0.25, 0.3) is 0 Å². The van der Waals surface area contributed by atoms with E-state index in [9.17, 15) is 9.59 Å². The van der Waals surface area contributed by atoms with Crippen molar-refractivity contribution in [2.75, 3.05) is 34.8 Å². The van der Waals surface area contributed by atoms with E-state index in [1.54, 1.807) is 0 Å². The molecule has 0 atom stereocenters. The lowest BCUT2D eigenvalue weighted by molar-refractivity contribution is -0.120. The lowest BCUT2D eigenvalue weighted by Gasteiger charge is -2.23. The van der Waals surface area contributed by atoms with Gasteiger partial charge in [-0.3, -0.25) is 9.69 Å². The number of aryl methyl sites for hydroxylation is 1. The van der Waals surface area contributed by atoms with Crippen LogP contribution >= 0.6 is 11.8 Å². The molecule has 0 spiro atoms. The Hall–Kier alpha value is -2.47. The first-order chi connectivity index (χ1) is 15.2. The van der Waals surface area contributed by atoms with Crippen LogP contribution in [0.1, 0.15) is 43.7 Å². The summed E-state index contributed by atoms with van der Waals surface area (Å²) < 4.78 is 0. The van der Waals surface area contributed by atoms with Crippen molar-refractivity contribution in [3.8, 4) is 0 Å². The van der Waals surface area contributed by atoms with Crippen molar-refractivity contribution >= 4 is 35.1 Å². The number of benzene rings is 2. The molecule has 0 fully saturated rings. The average molecular weight is 440 g/mol. The highest BCUT2D eigenvalue weighted by molar-refractivity contribution is 7.99. The smallest absolute Gasteiger partial charge is 0.326 e. The molecule has 3 rings (SSSR count). The Labute approximate surface area is 190 Å². The highest BCUT2D eigenvalue weighted by atomic mass is 32.2. The van der Waals surface area contributed by atoms with E-state index < -0.39 is 0 Å². The van der Waals surface area contributed by atoms with Gasteiger partial charge in [0.05, 0.1) is 6.42 Å². The number of carbonyl (C=O) groups excluding carboxylic acids is 2. The van der Waals surface area contributed by atoms with Crippen molar-refractivity contribution in [1.29, 1.82) is 0 Å². The number of rotatable bonds is 9. The summed E-state index contributed by atoms with van der Waals surface area (Å²) >= 11 is 1.93. The summed E-state index contributed by atoms with van der Waals surface area (Å²) in [6.07, 6.45) is 5.65. The summed E-state index contributed by atoms with van der Waals surface area (Å²) in [6.45, 7) is 3.62. The molecule has 0 radical (unpaired) electrons. The highest BCUT2D eigenvalue weighted by Gasteiger charge is 2.20. The lowest BCUT2D eigenvalue weighted by Crippen LogP contribution is -2.35. The maximum absolute atomic E-state index is 12.9. The molecule has 0 aliphatic carbocycles. The fraction of sp³-hybridized carbons (Fsp3) is 0.440. The average Bonchev–Trinajstić information content (AvgIpc) is 3.00. The number of carbonyl (C=O) groups is 2. The van der Waals surface area contributed by atoms with Crippen molar-refractivity contribution in [3.05, 3.63) is 59.7 Å². The molecule has 2 aromatic carbocycles. The van der Waals surface area contributed by atoms with Crippen LogP contribution in [0.3, 0.4) is 0 Å². The number of urea groups is 1. The van der Waals surface area contributed by atoms with E-state index in [2.05, 4.69) is 23.6 Å². The first-order valence-corrected chi connectivity index (χ1v) is 12.4. The zero-order chi connectivity index (χ0) is 21.9. The molecule has 6 heteroatoms. The number of amides is 3. The number of anilines is 2. The van der Waals surface area contributed by atoms with Gasteiger partial charge >= 0.3 is 6.03 Å². The Morgan fingerprint density at radius 3 is 2.65 bits per heavy atom. The molecule has 0 saturated carbocycles. The third-order valence-electron chi connectivity index (χ3n) is 5.31. The second kappa shape index (κ2) is 12.4. The predicted molar refractivity (Wildman–Crippen MR) is 131 cm³/mol. The number of fused-ring (bicyclic) bond motifs is 1. The van der Waals surface area contributed by atoms with Crippen molar-refractivity contribution in [2.24, 2.45) is 0 Å². The predicted octanol–water partition coefficient (Wildman–Crippen LogP) is 5.25. The van der Waals surface area contributed by atoms with Gasteiger partial charge in [-0.1, -0.05) is 37.3 Å². The molecular weight excluding hydrogens is 406 g/mol. The van der Waals surface area contributed by atoms with E-state index in [1.807, 2.05) is 59.1 Å². The summed E-state index contributed by atoms with van der Waals surface area (Å²) in [7, 11) is 0. The Kier molecular flexibility index (Phi) is 9.28. The summed E-state index contributed by atoms with van der Waals surface area (Å²) in [5.74, 6) is 2.31. The van der Waals surface area contributed by atoms with Crippen LogP contribution in [0.5, 0.6) is 0 Å². The zero-order valence-electron chi connectivity index (χ0n) is 18.4. The van der Waals surface area contributed by atoms with Crippen LogP contribution in [0.4, 0.5) is 16.2 Å². The second-order valence-electron chi connectivity index (χ2n) is 7.86. The molecule has 0 bridgehead atoms. The lowest BCUT2D eigenvalue weighted by atomic mass is 10.1. The maximum Gasteiger partial charge on any atom is 0.326 e. The molecule has 166 valence electrons. The fourth-order valence-electron chi connectivity index (χ4n) is 3.70. The van der Waals surface area contributed by atoms with E-state index >= 15 is 0 Å². The number of para-hydroxylation sites is 1. The zero-order valence-corrected chi connectivity index (χ0v) is 19.2. The summed E-state index contributed by atoms with van der Waals surface area (Å²) in [4.78, 5) is 26.9. The number of nitrogens with zero attached hydrogens (tertiary/aromatic N) is 1. The maximum atomic E-state index is 12.9. The summed E-state index contributed by atoms with van der Waals surface area (Å²) in [6, 6.07) is 15.6. The Morgan fingerprint density at radius 1 is 1.03 bits per heavy atom. The van der Waals surface area contributed by atoms with Gasteiger partial charge in [0.15, 0.2) is 0 Å². The number of hydrogen-bond donors (Lipinski definition) is 2. The molecule has 1 aliphatic rings. The molecule has 5 nitrogen and oxygen atoms in total. The highest BCUT2D eigenvalue weighted by Crippen LogP contribution is 2.26. The quantitative estimate of drug-likeness (QED) is 0.524. The largest absolute Gasteiger partial charge is 0.356 e. The molecule has 2 N–H and O–H groups in total. The molecular formula is C25H33N3O2S. The molecule has 0 saturated heterocycles. The first-order valence-electron chi connectivity index (χ1n) is 11.3. The van der Waals surface area contributed by atoms with E-state index in [-0.39, 0.29) is 11.9 Å². The summed E-state index contributed by atoms with van der Waals surface area (Å²) in [5.41, 5.74) is 3.90. The van der Waals surface area contributed by atoms with Gasteiger partial charge in [0.2, 0.25) is 5.91 Å². The van der Waals surface area contributed by atoms with Gasteiger partial charge in [-0.05, 0) is 72.9 Å². The van der Waals surface area contributed by atoms with E-state index in [4.69, 9.17) is 0 Å². The normalized spacial score (nSPS) is 13.3. The standard InChI is InChI=1S/C25H33N3O2S/c1-2-17-31-18-7-15-26-24(29)19-20-11-13-22(14-12-20)27-25(30)28-16-6-5-9-21-8-3-4-10-23(21)28/h3-4,8,10-14H,2,5-7,9,15-19H2,1H3,(H,26,29)(H,27,30). The van der Waals surface area contributed by atoms with Gasteiger partial charge in [-0.15, -0.1) is 0 Å². The van der Waals surface area contributed by atoms with Crippen LogP contribution in [-0.2, 0) is 17.6 Å². The minimum Gasteiger partial charge on any atom is -0.356 e. The van der Waals surface area contributed by atoms with Gasteiger partial charge in [-0.2, -0.15) is 11.8 Å². The monoisotopic (exact) mass is 439 g/mol. The molecule has 1 heterocycles. The molecule has 31 heavy (non-hydrogen) atoms. The van der Waals surface area contributed by atoms with Crippen LogP contribution in [0, 0.1) is 0 Å². The van der Waals surface area contributed by atoms with Crippen molar-refractivity contribution in [2.45, 2.75) is 45.4 Å². The van der Waals surface area contributed by atoms with E-state index in [0.717, 1.165) is 61.5 Å². The topological polar surface area (TPSA) is 61.4 Å². The van der Waals surface area contributed by atoms with E-state index in [1.165, 1.54) is 17.7 Å². The van der Waals surface area contributed by atoms with Crippen LogP contribution in [-0.4, -0.2) is 36.5 Å². The Balaban J connectivity index is 1.48. The minimum absolute atomic E-state index is 0.0402. The van der Waals surface area contributed by atoms with Gasteiger partial charge in [0.25, 0.3) is 0 Å². The minimum atomic E-state index is -0.110. The van der Waals surface area contributed by atoms with Gasteiger partial charge in [0.1, 0.15) is 0 Å². The third kappa shape index (κ3) is 7.31. The second-order valence-corrected chi connectivity index (χ2v) is 9.08. The number of hydrogen-bond acceptors (Lipinski definition) is 3. The first kappa shape index (κ1) is 23.2. The number of thioether (sulfide) groups is 1. The van der Waals surface area contributed by atoms with Crippen molar-refractivity contribution in [1.82, 2.24) is 5.32 Å². The SMILES string of the molecule is CCCSCCCNC(=O)Cc1ccc(NC(=O)N2CCCCc3ccccc32)cc1. The molecule has 3 amide bonds. The Morgan fingerprint density at radius 2 is 1.84 bits per heavy atom. The summed E-state index contributed by atoms with van der Waals surface area (Å²) in [5, 5.41) is 5.99. The fourth-order valence-corrected chi connectivity index (χ4v) is 4.54. The van der Waals surface area contributed by atoms with E-state index in [0.29, 0.717) is 6.42 Å². The van der Waals surface area contributed by atoms with Crippen molar-refractivity contribution in [3.63, 3.8) is 0 Å². The van der Waals surface area contributed by atoms with Crippen LogP contribution < -0.4 is 15.5 Å². The molecule has 2 aromatic rings. The van der Waals surface area contributed by atoms with Crippen LogP contribution in [0.15, 0.2) is 48.5 Å². The van der Waals surface area contributed by atoms with Gasteiger partial charge < -0.3 is 10.6 Å². The molecule has 1 aliphatic heterocycles. The Bertz CT molecular complexity index is 854. The third-order valence-corrected chi connectivity index (χ3v) is 6.59. The molecule has 0 unspecified atom stereocenters. The molecule has 0 aromatic heterocycles. The van der Waals surface area contributed by atoms with Gasteiger partial charge in [-0.25, -0.2) is 4.79 Å². The van der Waals surface area contributed by atoms with Gasteiger partial charge in [0, 0.05) is 24.5 Å². The van der Waals surface area contributed by atoms with Crippen molar-refractivity contribution < 1.29 is 9.59 Å². The number of nitrogens with one attached hydrogen (secondary N) is 2.